The second kappa shape index (κ2) is 7.91. The Morgan fingerprint density at radius 2 is 2.04 bits per heavy atom. The molecule has 0 bridgehead atoms. The Labute approximate surface area is 161 Å². The summed E-state index contributed by atoms with van der Waals surface area (Å²) in [6, 6.07) is 13.1. The van der Waals surface area contributed by atoms with Crippen LogP contribution >= 0.6 is 15.9 Å². The van der Waals surface area contributed by atoms with E-state index in [2.05, 4.69) is 21.2 Å². The van der Waals surface area contributed by atoms with Crippen LogP contribution in [0, 0.1) is 6.92 Å². The molecule has 1 N–H and O–H groups in total. The van der Waals surface area contributed by atoms with E-state index in [-0.39, 0.29) is 18.2 Å². The summed E-state index contributed by atoms with van der Waals surface area (Å²) >= 11 is 3.46. The number of amides is 2. The van der Waals surface area contributed by atoms with Gasteiger partial charge in [0.1, 0.15) is 5.75 Å². The van der Waals surface area contributed by atoms with Crippen LogP contribution in [0.15, 0.2) is 46.9 Å². The fourth-order valence-electron chi connectivity index (χ4n) is 2.87. The van der Waals surface area contributed by atoms with Gasteiger partial charge in [0, 0.05) is 23.1 Å². The van der Waals surface area contributed by atoms with Crippen molar-refractivity contribution in [3.05, 3.63) is 52.5 Å². The van der Waals surface area contributed by atoms with Crippen LogP contribution in [-0.2, 0) is 9.59 Å². The summed E-state index contributed by atoms with van der Waals surface area (Å²) in [6.07, 6.45) is 0.302. The molecule has 0 aromatic heterocycles. The van der Waals surface area contributed by atoms with Crippen molar-refractivity contribution in [3.63, 3.8) is 0 Å². The van der Waals surface area contributed by atoms with Crippen LogP contribution in [0.5, 0.6) is 5.75 Å². The van der Waals surface area contributed by atoms with Crippen LogP contribution in [0.3, 0.4) is 0 Å². The number of benzene rings is 2. The minimum absolute atomic E-state index is 0.0999. The Hall–Kier alpha value is -2.34. The third-order valence-corrected chi connectivity index (χ3v) is 5.21. The largest absolute Gasteiger partial charge is 0.478 e. The van der Waals surface area contributed by atoms with Gasteiger partial charge in [-0.1, -0.05) is 41.1 Å². The quantitative estimate of drug-likeness (QED) is 0.790. The van der Waals surface area contributed by atoms with Gasteiger partial charge in [0.25, 0.3) is 5.91 Å². The molecule has 2 amide bonds. The van der Waals surface area contributed by atoms with E-state index in [1.807, 2.05) is 56.3 Å². The van der Waals surface area contributed by atoms with E-state index in [1.165, 1.54) is 0 Å². The zero-order chi connectivity index (χ0) is 18.7. The normalized spacial score (nSPS) is 16.0. The molecule has 3 rings (SSSR count). The Morgan fingerprint density at radius 1 is 1.27 bits per heavy atom. The fourth-order valence-corrected chi connectivity index (χ4v) is 3.25. The molecular weight excluding hydrogens is 396 g/mol. The van der Waals surface area contributed by atoms with E-state index in [9.17, 15) is 9.59 Å². The van der Waals surface area contributed by atoms with Gasteiger partial charge >= 0.3 is 0 Å². The third kappa shape index (κ3) is 3.90. The highest BCUT2D eigenvalue weighted by Gasteiger charge is 2.33. The molecule has 1 unspecified atom stereocenters. The zero-order valence-electron chi connectivity index (χ0n) is 14.8. The zero-order valence-corrected chi connectivity index (χ0v) is 16.4. The fraction of sp³-hybridized carbons (Fsp3) is 0.300. The first-order valence-corrected chi connectivity index (χ1v) is 9.42. The maximum Gasteiger partial charge on any atom is 0.268 e. The molecule has 5 nitrogen and oxygen atoms in total. The van der Waals surface area contributed by atoms with E-state index >= 15 is 0 Å². The molecule has 1 aliphatic heterocycles. The lowest BCUT2D eigenvalue weighted by Gasteiger charge is -2.33. The SMILES string of the molecule is CCC1Oc2ccccc2N(CCC(=O)Nc2ccc(C)c(Br)c2)C1=O. The van der Waals surface area contributed by atoms with Crippen molar-refractivity contribution in [2.24, 2.45) is 0 Å². The van der Waals surface area contributed by atoms with E-state index in [0.717, 1.165) is 15.7 Å². The lowest BCUT2D eigenvalue weighted by Crippen LogP contribution is -2.46. The number of carbonyl (C=O) groups excluding carboxylic acids is 2. The van der Waals surface area contributed by atoms with E-state index < -0.39 is 6.10 Å². The predicted molar refractivity (Wildman–Crippen MR) is 106 cm³/mol. The van der Waals surface area contributed by atoms with Crippen molar-refractivity contribution < 1.29 is 14.3 Å². The molecule has 1 heterocycles. The maximum atomic E-state index is 12.6. The van der Waals surface area contributed by atoms with Crippen LogP contribution < -0.4 is 15.0 Å². The average molecular weight is 417 g/mol. The number of aryl methyl sites for hydroxylation is 1. The van der Waals surface area contributed by atoms with Gasteiger partial charge in [0.05, 0.1) is 5.69 Å². The van der Waals surface area contributed by atoms with Gasteiger partial charge in [-0.3, -0.25) is 9.59 Å². The summed E-state index contributed by atoms with van der Waals surface area (Å²) in [5.41, 5.74) is 2.55. The molecule has 0 saturated heterocycles. The number of nitrogens with zero attached hydrogens (tertiary/aromatic N) is 1. The molecule has 6 heteroatoms. The number of hydrogen-bond donors (Lipinski definition) is 1. The van der Waals surface area contributed by atoms with Crippen molar-refractivity contribution in [2.45, 2.75) is 32.8 Å². The van der Waals surface area contributed by atoms with Crippen molar-refractivity contribution >= 4 is 39.1 Å². The van der Waals surface area contributed by atoms with Crippen molar-refractivity contribution in [1.82, 2.24) is 0 Å². The lowest BCUT2D eigenvalue weighted by atomic mass is 10.1. The summed E-state index contributed by atoms with van der Waals surface area (Å²) in [5, 5.41) is 2.88. The van der Waals surface area contributed by atoms with Crippen LogP contribution in [0.1, 0.15) is 25.3 Å². The monoisotopic (exact) mass is 416 g/mol. The Morgan fingerprint density at radius 3 is 2.77 bits per heavy atom. The first-order chi connectivity index (χ1) is 12.5. The van der Waals surface area contributed by atoms with Gasteiger partial charge in [-0.05, 0) is 43.2 Å². The molecule has 1 aliphatic rings. The number of fused-ring (bicyclic) bond motifs is 1. The van der Waals surface area contributed by atoms with Gasteiger partial charge in [-0.2, -0.15) is 0 Å². The third-order valence-electron chi connectivity index (χ3n) is 4.36. The standard InChI is InChI=1S/C20H21BrN2O3/c1-3-17-20(25)23(16-6-4-5-7-18(16)26-17)11-10-19(24)22-14-9-8-13(2)15(21)12-14/h4-9,12,17H,3,10-11H2,1-2H3,(H,22,24). The molecular formula is C20H21BrN2O3. The topological polar surface area (TPSA) is 58.6 Å². The molecule has 0 saturated carbocycles. The number of anilines is 2. The number of hydrogen-bond acceptors (Lipinski definition) is 3. The second-order valence-electron chi connectivity index (χ2n) is 6.23. The highest BCUT2D eigenvalue weighted by atomic mass is 79.9. The number of ether oxygens (including phenoxy) is 1. The Kier molecular flexibility index (Phi) is 5.61. The molecule has 0 aliphatic carbocycles. The highest BCUT2D eigenvalue weighted by molar-refractivity contribution is 9.10. The number of nitrogens with one attached hydrogen (secondary N) is 1. The number of para-hydroxylation sites is 2. The van der Waals surface area contributed by atoms with Crippen molar-refractivity contribution in [3.8, 4) is 5.75 Å². The van der Waals surface area contributed by atoms with E-state index in [1.54, 1.807) is 4.90 Å². The molecule has 2 aromatic carbocycles. The van der Waals surface area contributed by atoms with Crippen LogP contribution in [0.25, 0.3) is 0 Å². The van der Waals surface area contributed by atoms with Crippen LogP contribution in [0.2, 0.25) is 0 Å². The molecule has 1 atom stereocenters. The second-order valence-corrected chi connectivity index (χ2v) is 7.09. The smallest absolute Gasteiger partial charge is 0.268 e. The Balaban J connectivity index is 1.68. The first kappa shape index (κ1) is 18.5. The van der Waals surface area contributed by atoms with Gasteiger partial charge in [-0.15, -0.1) is 0 Å². The van der Waals surface area contributed by atoms with Crippen molar-refractivity contribution in [1.29, 1.82) is 0 Å². The van der Waals surface area contributed by atoms with E-state index in [0.29, 0.717) is 24.4 Å². The Bertz CT molecular complexity index is 838. The van der Waals surface area contributed by atoms with Gasteiger partial charge in [0.2, 0.25) is 5.91 Å². The van der Waals surface area contributed by atoms with Crippen LogP contribution in [0.4, 0.5) is 11.4 Å². The van der Waals surface area contributed by atoms with Crippen LogP contribution in [-0.4, -0.2) is 24.5 Å². The summed E-state index contributed by atoms with van der Waals surface area (Å²) in [7, 11) is 0. The first-order valence-electron chi connectivity index (χ1n) is 8.62. The lowest BCUT2D eigenvalue weighted by molar-refractivity contribution is -0.126. The number of halogens is 1. The summed E-state index contributed by atoms with van der Waals surface area (Å²) in [5.74, 6) is 0.449. The summed E-state index contributed by atoms with van der Waals surface area (Å²) < 4.78 is 6.70. The molecule has 2 aromatic rings. The minimum Gasteiger partial charge on any atom is -0.478 e. The van der Waals surface area contributed by atoms with Gasteiger partial charge in [0.15, 0.2) is 6.10 Å². The highest BCUT2D eigenvalue weighted by Crippen LogP contribution is 2.34. The molecule has 0 radical (unpaired) electrons. The number of carbonyl (C=O) groups is 2. The minimum atomic E-state index is -0.499. The van der Waals surface area contributed by atoms with E-state index in [4.69, 9.17) is 4.74 Å². The van der Waals surface area contributed by atoms with Crippen molar-refractivity contribution in [2.75, 3.05) is 16.8 Å². The average Bonchev–Trinajstić information content (AvgIpc) is 2.63. The number of rotatable bonds is 5. The van der Waals surface area contributed by atoms with Gasteiger partial charge in [-0.25, -0.2) is 0 Å². The molecule has 0 spiro atoms. The van der Waals surface area contributed by atoms with Gasteiger partial charge < -0.3 is 15.0 Å². The predicted octanol–water partition coefficient (Wildman–Crippen LogP) is 4.29. The molecule has 0 fully saturated rings. The summed E-state index contributed by atoms with van der Waals surface area (Å²) in [4.78, 5) is 26.6. The molecule has 136 valence electrons. The maximum absolute atomic E-state index is 12.6. The summed E-state index contributed by atoms with van der Waals surface area (Å²) in [6.45, 7) is 4.21. The molecule has 26 heavy (non-hydrogen) atoms.